The van der Waals surface area contributed by atoms with Gasteiger partial charge in [-0.25, -0.2) is 4.79 Å². The first-order valence-electron chi connectivity index (χ1n) is 9.03. The molecule has 0 aliphatic carbocycles. The minimum absolute atomic E-state index is 0.0521. The molecule has 1 aromatic carbocycles. The maximum Gasteiger partial charge on any atom is 0.338 e. The van der Waals surface area contributed by atoms with Crippen molar-refractivity contribution in [2.24, 2.45) is 0 Å². The minimum atomic E-state index is -0.854. The Labute approximate surface area is 159 Å². The Morgan fingerprint density at radius 3 is 2.58 bits per heavy atom. The monoisotopic (exact) mass is 374 g/mol. The Morgan fingerprint density at radius 1 is 1.27 bits per heavy atom. The van der Waals surface area contributed by atoms with Gasteiger partial charge < -0.3 is 14.7 Å². The summed E-state index contributed by atoms with van der Waals surface area (Å²) in [6.07, 6.45) is 2.15. The van der Waals surface area contributed by atoms with E-state index in [9.17, 15) is 9.90 Å². The highest BCUT2D eigenvalue weighted by atomic mass is 32.2. The molecule has 0 saturated carbocycles. The summed E-state index contributed by atoms with van der Waals surface area (Å²) >= 11 is 1.61. The summed E-state index contributed by atoms with van der Waals surface area (Å²) in [5.41, 5.74) is 2.45. The molecule has 140 valence electrons. The molecule has 0 bridgehead atoms. The van der Waals surface area contributed by atoms with E-state index in [1.165, 1.54) is 5.56 Å². The molecule has 26 heavy (non-hydrogen) atoms. The summed E-state index contributed by atoms with van der Waals surface area (Å²) < 4.78 is 5.51. The average Bonchev–Trinajstić information content (AvgIpc) is 2.65. The van der Waals surface area contributed by atoms with Gasteiger partial charge in [-0.3, -0.25) is 4.90 Å². The Kier molecular flexibility index (Phi) is 6.40. The second kappa shape index (κ2) is 8.75. The molecule has 1 unspecified atom stereocenters. The summed E-state index contributed by atoms with van der Waals surface area (Å²) in [6.45, 7) is 7.80. The number of rotatable bonds is 6. The largest absolute Gasteiger partial charge is 0.478 e. The molecule has 1 saturated heterocycles. The van der Waals surface area contributed by atoms with E-state index in [0.29, 0.717) is 25.3 Å². The lowest BCUT2D eigenvalue weighted by molar-refractivity contribution is -0.132. The van der Waals surface area contributed by atoms with E-state index >= 15 is 0 Å². The molecule has 1 aromatic rings. The summed E-state index contributed by atoms with van der Waals surface area (Å²) in [5.74, 6) is -0.0197. The minimum Gasteiger partial charge on any atom is -0.478 e. The molecule has 3 rings (SSSR count). The smallest absolute Gasteiger partial charge is 0.338 e. The van der Waals surface area contributed by atoms with E-state index < -0.39 is 5.97 Å². The van der Waals surface area contributed by atoms with Crippen molar-refractivity contribution in [3.8, 4) is 0 Å². The molecular weight excluding hydrogens is 348 g/mol. The number of benzene rings is 1. The van der Waals surface area contributed by atoms with Gasteiger partial charge >= 0.3 is 5.97 Å². The fraction of sp³-hybridized carbons (Fsp3) is 0.450. The van der Waals surface area contributed by atoms with Crippen molar-refractivity contribution in [3.63, 3.8) is 0 Å². The predicted octanol–water partition coefficient (Wildman–Crippen LogP) is 3.16. The molecule has 0 aromatic heterocycles. The van der Waals surface area contributed by atoms with Gasteiger partial charge in [-0.2, -0.15) is 0 Å². The van der Waals surface area contributed by atoms with E-state index in [2.05, 4.69) is 34.9 Å². The van der Waals surface area contributed by atoms with E-state index in [-0.39, 0.29) is 6.17 Å². The van der Waals surface area contributed by atoms with E-state index in [1.54, 1.807) is 11.8 Å². The normalized spacial score (nSPS) is 21.7. The van der Waals surface area contributed by atoms with Crippen molar-refractivity contribution in [1.29, 1.82) is 0 Å². The molecule has 1 fully saturated rings. The highest BCUT2D eigenvalue weighted by Crippen LogP contribution is 2.36. The van der Waals surface area contributed by atoms with Crippen LogP contribution in [0, 0.1) is 0 Å². The quantitative estimate of drug-likeness (QED) is 0.826. The molecule has 5 nitrogen and oxygen atoms in total. The van der Waals surface area contributed by atoms with Crippen LogP contribution >= 0.6 is 11.8 Å². The Bertz CT molecular complexity index is 696. The molecule has 0 radical (unpaired) electrons. The Hall–Kier alpha value is -1.76. The summed E-state index contributed by atoms with van der Waals surface area (Å²) in [6, 6.07) is 10.2. The maximum absolute atomic E-state index is 12.0. The van der Waals surface area contributed by atoms with Crippen LogP contribution in [0.15, 0.2) is 52.6 Å². The third kappa shape index (κ3) is 4.14. The number of ether oxygens (including phenoxy) is 1. The average molecular weight is 375 g/mol. The van der Waals surface area contributed by atoms with Crippen LogP contribution in [0.5, 0.6) is 0 Å². The molecule has 1 N–H and O–H groups in total. The summed E-state index contributed by atoms with van der Waals surface area (Å²) in [4.78, 5) is 16.6. The van der Waals surface area contributed by atoms with E-state index in [0.717, 1.165) is 29.4 Å². The third-order valence-corrected chi connectivity index (χ3v) is 5.70. The van der Waals surface area contributed by atoms with E-state index in [1.807, 2.05) is 25.1 Å². The van der Waals surface area contributed by atoms with Crippen molar-refractivity contribution in [2.75, 3.05) is 32.1 Å². The second-order valence-electron chi connectivity index (χ2n) is 6.44. The van der Waals surface area contributed by atoms with Gasteiger partial charge in [0.15, 0.2) is 0 Å². The number of aliphatic carboxylic acids is 1. The number of thioether (sulfide) groups is 1. The van der Waals surface area contributed by atoms with Crippen LogP contribution in [-0.4, -0.2) is 59.1 Å². The molecule has 2 aliphatic rings. The highest BCUT2D eigenvalue weighted by molar-refractivity contribution is 8.03. The zero-order valence-electron chi connectivity index (χ0n) is 15.4. The number of carbonyl (C=O) groups is 1. The lowest BCUT2D eigenvalue weighted by Gasteiger charge is -2.44. The van der Waals surface area contributed by atoms with Gasteiger partial charge in [0.1, 0.15) is 6.17 Å². The van der Waals surface area contributed by atoms with Gasteiger partial charge in [0, 0.05) is 19.6 Å². The van der Waals surface area contributed by atoms with Crippen molar-refractivity contribution in [3.05, 3.63) is 58.1 Å². The van der Waals surface area contributed by atoms with Gasteiger partial charge in [-0.05, 0) is 29.9 Å². The van der Waals surface area contributed by atoms with Crippen molar-refractivity contribution in [2.45, 2.75) is 26.6 Å². The van der Waals surface area contributed by atoms with Crippen LogP contribution in [0.2, 0.25) is 0 Å². The van der Waals surface area contributed by atoms with Crippen LogP contribution in [0.4, 0.5) is 0 Å². The number of hydrogen-bond acceptors (Lipinski definition) is 5. The Morgan fingerprint density at radius 2 is 1.96 bits per heavy atom. The third-order valence-electron chi connectivity index (χ3n) is 4.70. The molecule has 2 heterocycles. The lowest BCUT2D eigenvalue weighted by atomic mass is 10.0. The maximum atomic E-state index is 12.0. The van der Waals surface area contributed by atoms with Gasteiger partial charge in [-0.1, -0.05) is 37.3 Å². The van der Waals surface area contributed by atoms with Crippen LogP contribution in [0.3, 0.4) is 0 Å². The number of carboxylic acids is 1. The zero-order valence-corrected chi connectivity index (χ0v) is 16.2. The Balaban J connectivity index is 2.01. The first-order valence-corrected chi connectivity index (χ1v) is 10.0. The fourth-order valence-corrected chi connectivity index (χ4v) is 4.48. The van der Waals surface area contributed by atoms with Crippen molar-refractivity contribution in [1.82, 2.24) is 9.80 Å². The van der Waals surface area contributed by atoms with Gasteiger partial charge in [-0.15, -0.1) is 11.8 Å². The van der Waals surface area contributed by atoms with Crippen LogP contribution in [0.1, 0.15) is 19.4 Å². The summed E-state index contributed by atoms with van der Waals surface area (Å²) in [5, 5.41) is 10.7. The highest BCUT2D eigenvalue weighted by Gasteiger charge is 2.34. The van der Waals surface area contributed by atoms with Crippen molar-refractivity contribution >= 4 is 17.7 Å². The second-order valence-corrected chi connectivity index (χ2v) is 7.70. The van der Waals surface area contributed by atoms with Crippen LogP contribution in [0.25, 0.3) is 0 Å². The van der Waals surface area contributed by atoms with Gasteiger partial charge in [0.05, 0.1) is 23.8 Å². The molecule has 0 spiro atoms. The van der Waals surface area contributed by atoms with Gasteiger partial charge in [0.2, 0.25) is 0 Å². The van der Waals surface area contributed by atoms with E-state index in [4.69, 9.17) is 4.74 Å². The van der Waals surface area contributed by atoms with Gasteiger partial charge in [0.25, 0.3) is 0 Å². The molecule has 2 aliphatic heterocycles. The van der Waals surface area contributed by atoms with Crippen LogP contribution < -0.4 is 0 Å². The van der Waals surface area contributed by atoms with Crippen LogP contribution in [-0.2, 0) is 16.1 Å². The number of hydrogen-bond donors (Lipinski definition) is 1. The molecule has 0 amide bonds. The predicted molar refractivity (Wildman–Crippen MR) is 105 cm³/mol. The lowest BCUT2D eigenvalue weighted by Crippen LogP contribution is -2.52. The SMILES string of the molecule is CCSC1=C(C(=O)O)C(C)=CC(N2CCOCC2)N1Cc1ccccc1. The standard InChI is InChI=1S/C20H26N2O3S/c1-3-26-19-18(20(23)24)15(2)13-17(21-9-11-25-12-10-21)22(19)14-16-7-5-4-6-8-16/h4-8,13,17H,3,9-12,14H2,1-2H3,(H,23,24). The number of nitrogens with zero attached hydrogens (tertiary/aromatic N) is 2. The zero-order chi connectivity index (χ0) is 18.5. The molecular formula is C20H26N2O3S. The number of morpholine rings is 1. The summed E-state index contributed by atoms with van der Waals surface area (Å²) in [7, 11) is 0. The number of carboxylic acid groups (broad SMARTS) is 1. The fourth-order valence-electron chi connectivity index (χ4n) is 3.47. The first kappa shape index (κ1) is 19.0. The molecule has 1 atom stereocenters. The molecule has 6 heteroatoms. The first-order chi connectivity index (χ1) is 12.6. The topological polar surface area (TPSA) is 53.0 Å². The van der Waals surface area contributed by atoms with Crippen molar-refractivity contribution < 1.29 is 14.6 Å².